The number of ether oxygens (including phenoxy) is 1. The number of benzene rings is 1. The van der Waals surface area contributed by atoms with Gasteiger partial charge >= 0.3 is 0 Å². The fourth-order valence-corrected chi connectivity index (χ4v) is 1.76. The molecule has 3 heteroatoms. The van der Waals surface area contributed by atoms with E-state index in [0.29, 0.717) is 0 Å². The molecule has 0 aliphatic carbocycles. The summed E-state index contributed by atoms with van der Waals surface area (Å²) < 4.78 is 5.62. The van der Waals surface area contributed by atoms with Crippen LogP contribution in [0.25, 0.3) is 0 Å². The summed E-state index contributed by atoms with van der Waals surface area (Å²) in [5, 5.41) is 0.723. The molecule has 16 heavy (non-hydrogen) atoms. The van der Waals surface area contributed by atoms with Crippen LogP contribution in [-0.4, -0.2) is 31.1 Å². The highest BCUT2D eigenvalue weighted by Gasteiger charge is 1.99. The Balaban J connectivity index is 2.20. The predicted octanol–water partition coefficient (Wildman–Crippen LogP) is 3.45. The molecule has 0 unspecified atom stereocenters. The van der Waals surface area contributed by atoms with Crippen LogP contribution in [0.1, 0.15) is 20.3 Å². The molecular weight excluding hydrogens is 222 g/mol. The van der Waals surface area contributed by atoms with Crippen molar-refractivity contribution in [1.29, 1.82) is 0 Å². The molecular formula is C13H20ClNO. The van der Waals surface area contributed by atoms with Crippen molar-refractivity contribution in [3.63, 3.8) is 0 Å². The van der Waals surface area contributed by atoms with E-state index in [4.69, 9.17) is 16.3 Å². The molecule has 0 spiro atoms. The van der Waals surface area contributed by atoms with Gasteiger partial charge in [-0.3, -0.25) is 0 Å². The highest BCUT2D eigenvalue weighted by atomic mass is 35.5. The Morgan fingerprint density at radius 2 is 2.00 bits per heavy atom. The van der Waals surface area contributed by atoms with Crippen molar-refractivity contribution >= 4 is 11.6 Å². The molecule has 90 valence electrons. The lowest BCUT2D eigenvalue weighted by Gasteiger charge is -2.17. The van der Waals surface area contributed by atoms with E-state index >= 15 is 0 Å². The maximum Gasteiger partial charge on any atom is 0.120 e. The first-order valence-corrected chi connectivity index (χ1v) is 6.24. The van der Waals surface area contributed by atoms with Gasteiger partial charge in [-0.25, -0.2) is 0 Å². The Morgan fingerprint density at radius 1 is 1.25 bits per heavy atom. The molecule has 0 fully saturated rings. The van der Waals surface area contributed by atoms with Gasteiger partial charge in [0, 0.05) is 11.6 Å². The Kier molecular flexibility index (Phi) is 6.27. The molecule has 0 heterocycles. The lowest BCUT2D eigenvalue weighted by Crippen LogP contribution is -2.25. The third kappa shape index (κ3) is 4.86. The molecule has 0 aliphatic rings. The van der Waals surface area contributed by atoms with Crippen molar-refractivity contribution in [3.05, 3.63) is 29.3 Å². The number of hydrogen-bond acceptors (Lipinski definition) is 2. The van der Waals surface area contributed by atoms with Crippen LogP contribution in [0.2, 0.25) is 5.02 Å². The zero-order chi connectivity index (χ0) is 11.8. The van der Waals surface area contributed by atoms with Crippen LogP contribution in [-0.2, 0) is 0 Å². The minimum atomic E-state index is 0.723. The molecule has 0 saturated heterocycles. The summed E-state index contributed by atoms with van der Waals surface area (Å²) >= 11 is 5.86. The van der Waals surface area contributed by atoms with Crippen LogP contribution >= 0.6 is 11.6 Å². The molecule has 1 rings (SSSR count). The zero-order valence-electron chi connectivity index (χ0n) is 10.1. The van der Waals surface area contributed by atoms with Crippen molar-refractivity contribution in [2.45, 2.75) is 20.3 Å². The maximum atomic E-state index is 5.86. The summed E-state index contributed by atoms with van der Waals surface area (Å²) in [7, 11) is 0. The number of nitrogens with zero attached hydrogens (tertiary/aromatic N) is 1. The lowest BCUT2D eigenvalue weighted by molar-refractivity contribution is 0.249. The van der Waals surface area contributed by atoms with Crippen LogP contribution in [0, 0.1) is 0 Å². The number of hydrogen-bond donors (Lipinski definition) is 0. The molecule has 0 amide bonds. The quantitative estimate of drug-likeness (QED) is 0.678. The maximum absolute atomic E-state index is 5.86. The van der Waals surface area contributed by atoms with Crippen molar-refractivity contribution in [1.82, 2.24) is 4.90 Å². The predicted molar refractivity (Wildman–Crippen MR) is 69.4 cm³/mol. The fraction of sp³-hybridized carbons (Fsp3) is 0.538. The van der Waals surface area contributed by atoms with Crippen molar-refractivity contribution < 1.29 is 4.74 Å². The monoisotopic (exact) mass is 241 g/mol. The Bertz CT molecular complexity index is 300. The highest BCUT2D eigenvalue weighted by molar-refractivity contribution is 6.30. The van der Waals surface area contributed by atoms with Crippen LogP contribution in [0.3, 0.4) is 0 Å². The van der Waals surface area contributed by atoms with Crippen molar-refractivity contribution in [2.75, 3.05) is 26.2 Å². The smallest absolute Gasteiger partial charge is 0.120 e. The summed E-state index contributed by atoms with van der Waals surface area (Å²) in [6.07, 6.45) is 1.05. The normalized spacial score (nSPS) is 10.8. The topological polar surface area (TPSA) is 12.5 Å². The second-order valence-electron chi connectivity index (χ2n) is 3.69. The molecule has 0 N–H and O–H groups in total. The van der Waals surface area contributed by atoms with Crippen LogP contribution in [0.15, 0.2) is 24.3 Å². The number of halogens is 1. The van der Waals surface area contributed by atoms with Gasteiger partial charge in [-0.15, -0.1) is 0 Å². The molecule has 0 bridgehead atoms. The van der Waals surface area contributed by atoms with E-state index in [1.165, 1.54) is 0 Å². The van der Waals surface area contributed by atoms with E-state index in [1.807, 2.05) is 24.3 Å². The Labute approximate surface area is 103 Å². The van der Waals surface area contributed by atoms with E-state index in [0.717, 1.165) is 43.4 Å². The van der Waals surface area contributed by atoms with Crippen LogP contribution in [0.4, 0.5) is 0 Å². The molecule has 0 aliphatic heterocycles. The van der Waals surface area contributed by atoms with Gasteiger partial charge in [-0.05, 0) is 37.7 Å². The van der Waals surface area contributed by atoms with Crippen molar-refractivity contribution in [2.24, 2.45) is 0 Å². The second kappa shape index (κ2) is 7.53. The zero-order valence-corrected chi connectivity index (χ0v) is 10.8. The molecule has 0 atom stereocenters. The third-order valence-corrected chi connectivity index (χ3v) is 2.81. The summed E-state index contributed by atoms with van der Waals surface area (Å²) in [5.41, 5.74) is 0. The first kappa shape index (κ1) is 13.3. The molecule has 1 aromatic rings. The van der Waals surface area contributed by atoms with Gasteiger partial charge in [0.15, 0.2) is 0 Å². The van der Waals surface area contributed by atoms with Gasteiger partial charge in [0.2, 0.25) is 0 Å². The average molecular weight is 242 g/mol. The summed E-state index contributed by atoms with van der Waals surface area (Å²) in [6, 6.07) is 7.54. The van der Waals surface area contributed by atoms with Gasteiger partial charge in [0.05, 0.1) is 6.61 Å². The van der Waals surface area contributed by atoms with E-state index in [1.54, 1.807) is 0 Å². The van der Waals surface area contributed by atoms with Gasteiger partial charge in [-0.1, -0.05) is 31.5 Å². The molecule has 0 radical (unpaired) electrons. The van der Waals surface area contributed by atoms with Gasteiger partial charge < -0.3 is 9.64 Å². The minimum absolute atomic E-state index is 0.723. The standard InChI is InChI=1S/C13H20ClNO/c1-3-15(4-2)9-6-10-16-13-8-5-7-12(14)11-13/h5,7-8,11H,3-4,6,9-10H2,1-2H3. The SMILES string of the molecule is CCN(CC)CCCOc1cccc(Cl)c1. The Morgan fingerprint density at radius 3 is 2.62 bits per heavy atom. The molecule has 0 aromatic heterocycles. The van der Waals surface area contributed by atoms with E-state index in [9.17, 15) is 0 Å². The highest BCUT2D eigenvalue weighted by Crippen LogP contribution is 2.17. The minimum Gasteiger partial charge on any atom is -0.493 e. The van der Waals surface area contributed by atoms with Gasteiger partial charge in [-0.2, -0.15) is 0 Å². The van der Waals surface area contributed by atoms with E-state index in [2.05, 4.69) is 18.7 Å². The summed E-state index contributed by atoms with van der Waals surface area (Å²) in [6.45, 7) is 8.41. The summed E-state index contributed by atoms with van der Waals surface area (Å²) in [5.74, 6) is 0.854. The largest absolute Gasteiger partial charge is 0.493 e. The number of rotatable bonds is 7. The fourth-order valence-electron chi connectivity index (χ4n) is 1.57. The lowest BCUT2D eigenvalue weighted by atomic mass is 10.3. The molecule has 1 aromatic carbocycles. The third-order valence-electron chi connectivity index (χ3n) is 2.58. The van der Waals surface area contributed by atoms with Crippen LogP contribution in [0.5, 0.6) is 5.75 Å². The summed E-state index contributed by atoms with van der Waals surface area (Å²) in [4.78, 5) is 2.39. The average Bonchev–Trinajstić information content (AvgIpc) is 2.29. The van der Waals surface area contributed by atoms with Crippen molar-refractivity contribution in [3.8, 4) is 5.75 Å². The molecule has 2 nitrogen and oxygen atoms in total. The first-order valence-electron chi connectivity index (χ1n) is 5.87. The van der Waals surface area contributed by atoms with E-state index in [-0.39, 0.29) is 0 Å². The second-order valence-corrected chi connectivity index (χ2v) is 4.12. The Hall–Kier alpha value is -0.730. The van der Waals surface area contributed by atoms with Gasteiger partial charge in [0.1, 0.15) is 5.75 Å². The van der Waals surface area contributed by atoms with E-state index < -0.39 is 0 Å². The van der Waals surface area contributed by atoms with Crippen LogP contribution < -0.4 is 4.74 Å². The first-order chi connectivity index (χ1) is 7.76. The van der Waals surface area contributed by atoms with Gasteiger partial charge in [0.25, 0.3) is 0 Å². The molecule has 0 saturated carbocycles.